The molecule has 16 heteroatoms. The molecule has 11 aromatic rings. The van der Waals surface area contributed by atoms with Gasteiger partial charge in [-0.2, -0.15) is 0 Å². The molecular weight excluding hydrogens is 967 g/mol. The number of oxazole rings is 3. The first kappa shape index (κ1) is 50.9. The van der Waals surface area contributed by atoms with Gasteiger partial charge < -0.3 is 49.0 Å². The van der Waals surface area contributed by atoms with Crippen LogP contribution in [-0.4, -0.2) is 73.0 Å². The summed E-state index contributed by atoms with van der Waals surface area (Å²) in [6.45, 7) is 1.78. The molecule has 11 rings (SSSR count). The van der Waals surface area contributed by atoms with Crippen molar-refractivity contribution in [1.29, 1.82) is 0 Å². The Hall–Kier alpha value is -10.1. The van der Waals surface area contributed by atoms with E-state index in [0.29, 0.717) is 67.9 Å². The summed E-state index contributed by atoms with van der Waals surface area (Å²) in [5, 5.41) is 42.8. The van der Waals surface area contributed by atoms with Gasteiger partial charge in [0.05, 0.1) is 16.7 Å². The molecule has 6 N–H and O–H groups in total. The van der Waals surface area contributed by atoms with Crippen LogP contribution in [0.1, 0.15) is 49.5 Å². The molecule has 0 unspecified atom stereocenters. The van der Waals surface area contributed by atoms with Gasteiger partial charge in [-0.05, 0) is 128 Å². The van der Waals surface area contributed by atoms with Gasteiger partial charge in [-0.1, -0.05) is 66.7 Å². The van der Waals surface area contributed by atoms with E-state index < -0.39 is 17.9 Å². The number of aliphatic hydroxyl groups is 1. The fraction of sp³-hybridized carbons (Fsp3) is 0.100. The molecule has 16 nitrogen and oxygen atoms in total. The molecule has 0 spiro atoms. The number of nitrogens with zero attached hydrogens (tertiary/aromatic N) is 3. The van der Waals surface area contributed by atoms with Crippen LogP contribution in [0.2, 0.25) is 0 Å². The number of para-hydroxylation sites is 1. The van der Waals surface area contributed by atoms with Crippen molar-refractivity contribution < 1.29 is 52.8 Å². The lowest BCUT2D eigenvalue weighted by atomic mass is 10.1. The Morgan fingerprint density at radius 3 is 1.33 bits per heavy atom. The number of carboxylic acids is 3. The Kier molecular flexibility index (Phi) is 16.1. The number of rotatable bonds is 17. The molecule has 0 atom stereocenters. The maximum atomic E-state index is 11.1. The predicted octanol–water partition coefficient (Wildman–Crippen LogP) is 13.2. The summed E-state index contributed by atoms with van der Waals surface area (Å²) in [5.41, 5.74) is 9.63. The number of aromatic carboxylic acids is 3. The number of fused-ring (bicyclic) bond motifs is 3. The molecule has 380 valence electrons. The number of nitrogens with one attached hydrogen (secondary N) is 2. The van der Waals surface area contributed by atoms with Crippen molar-refractivity contribution in [2.24, 2.45) is 0 Å². The van der Waals surface area contributed by atoms with E-state index in [-0.39, 0.29) is 23.3 Å². The first-order valence-corrected chi connectivity index (χ1v) is 24.1. The molecule has 3 aromatic heterocycles. The lowest BCUT2D eigenvalue weighted by Crippen LogP contribution is -2.04. The zero-order valence-corrected chi connectivity index (χ0v) is 40.6. The van der Waals surface area contributed by atoms with Gasteiger partial charge in [0.1, 0.15) is 28.0 Å². The highest BCUT2D eigenvalue weighted by Crippen LogP contribution is 2.31. The number of carboxylic acid groups (broad SMARTS) is 3. The van der Waals surface area contributed by atoms with Gasteiger partial charge in [-0.3, -0.25) is 0 Å². The summed E-state index contributed by atoms with van der Waals surface area (Å²) in [6, 6.07) is 56.2. The minimum atomic E-state index is -0.989. The topological polar surface area (TPSA) is 244 Å². The molecule has 8 aromatic carbocycles. The van der Waals surface area contributed by atoms with Gasteiger partial charge >= 0.3 is 17.9 Å². The van der Waals surface area contributed by atoms with Crippen molar-refractivity contribution in [1.82, 2.24) is 15.0 Å². The minimum absolute atomic E-state index is 0.188. The molecule has 0 saturated heterocycles. The number of aliphatic hydroxyl groups excluding tert-OH is 1. The van der Waals surface area contributed by atoms with Crippen molar-refractivity contribution in [3.05, 3.63) is 210 Å². The van der Waals surface area contributed by atoms with Crippen LogP contribution in [0.5, 0.6) is 11.5 Å². The number of benzene rings is 8. The quantitative estimate of drug-likeness (QED) is 0.0464. The second kappa shape index (κ2) is 24.1. The average molecular weight is 1020 g/mol. The smallest absolute Gasteiger partial charge is 0.335 e. The average Bonchev–Trinajstić information content (AvgIpc) is 4.21. The van der Waals surface area contributed by atoms with Gasteiger partial charge in [0.25, 0.3) is 0 Å². The summed E-state index contributed by atoms with van der Waals surface area (Å²) < 4.78 is 23.2. The SMILES string of the molecule is O=C(O)c1cccc(-c2nc3ccc(NCCCCO)cc3o2)c1.O=C(O)c1cccc(-c2nc3ccc(NCCc4ccccc4)cc3o2)c1.O=C(O)c1cccc(-c2nc3ccc(Oc4ccccc4)cc3o2)c1. The van der Waals surface area contributed by atoms with E-state index in [1.165, 1.54) is 23.8 Å². The van der Waals surface area contributed by atoms with Gasteiger partial charge in [0.2, 0.25) is 17.7 Å². The van der Waals surface area contributed by atoms with Crippen LogP contribution in [-0.2, 0) is 6.42 Å². The molecule has 0 bridgehead atoms. The van der Waals surface area contributed by atoms with E-state index >= 15 is 0 Å². The Labute approximate surface area is 434 Å². The van der Waals surface area contributed by atoms with E-state index in [1.807, 2.05) is 97.1 Å². The fourth-order valence-corrected chi connectivity index (χ4v) is 7.85. The number of unbranched alkanes of at least 4 members (excludes halogenated alkanes) is 1. The standard InChI is InChI=1S/C22H18N2O3.C20H13NO4.C18H18N2O4/c25-22(26)17-8-4-7-16(13-17)21-24-19-10-9-18(14-20(19)27-21)23-12-11-15-5-2-1-3-6-15;22-20(23)14-6-4-5-13(11-14)19-21-17-10-9-16(12-18(17)25-19)24-15-7-2-1-3-8-15;21-9-2-1-8-19-14-6-7-15-16(11-14)24-17(20-15)12-4-3-5-13(10-12)18(22)23/h1-10,13-14,23H,11-12H2,(H,25,26);1-12H,(H,22,23);3-7,10-11,19,21H,1-2,8-9H2,(H,22,23). The molecule has 0 saturated carbocycles. The van der Waals surface area contributed by atoms with Crippen molar-refractivity contribution in [3.8, 4) is 45.9 Å². The first-order valence-electron chi connectivity index (χ1n) is 24.1. The normalized spacial score (nSPS) is 10.8. The molecule has 76 heavy (non-hydrogen) atoms. The largest absolute Gasteiger partial charge is 0.478 e. The zero-order chi connectivity index (χ0) is 52.8. The van der Waals surface area contributed by atoms with Crippen LogP contribution in [0, 0.1) is 0 Å². The number of hydrogen-bond donors (Lipinski definition) is 6. The van der Waals surface area contributed by atoms with E-state index in [1.54, 1.807) is 60.7 Å². The summed E-state index contributed by atoms with van der Waals surface area (Å²) in [6.07, 6.45) is 2.59. The Bertz CT molecular complexity index is 3780. The Morgan fingerprint density at radius 1 is 0.434 bits per heavy atom. The summed E-state index contributed by atoms with van der Waals surface area (Å²) in [5.74, 6) is -0.400. The zero-order valence-electron chi connectivity index (χ0n) is 40.6. The summed E-state index contributed by atoms with van der Waals surface area (Å²) in [7, 11) is 0. The number of ether oxygens (including phenoxy) is 1. The third-order valence-electron chi connectivity index (χ3n) is 11.7. The number of aromatic nitrogens is 3. The number of carbonyl (C=O) groups is 3. The summed E-state index contributed by atoms with van der Waals surface area (Å²) in [4.78, 5) is 46.6. The van der Waals surface area contributed by atoms with E-state index in [0.717, 1.165) is 55.0 Å². The van der Waals surface area contributed by atoms with Gasteiger partial charge in [-0.15, -0.1) is 0 Å². The third kappa shape index (κ3) is 13.1. The molecular formula is C60H49N5O11. The van der Waals surface area contributed by atoms with Crippen LogP contribution in [0.25, 0.3) is 67.7 Å². The molecule has 3 heterocycles. The first-order chi connectivity index (χ1) is 37.0. The molecule has 0 amide bonds. The number of hydrogen-bond acceptors (Lipinski definition) is 13. The van der Waals surface area contributed by atoms with E-state index in [2.05, 4.69) is 37.7 Å². The van der Waals surface area contributed by atoms with Crippen molar-refractivity contribution in [2.75, 3.05) is 30.3 Å². The maximum absolute atomic E-state index is 11.1. The van der Waals surface area contributed by atoms with Crippen LogP contribution >= 0.6 is 0 Å². The fourth-order valence-electron chi connectivity index (χ4n) is 7.85. The second-order valence-electron chi connectivity index (χ2n) is 17.1. The van der Waals surface area contributed by atoms with Crippen LogP contribution in [0.15, 0.2) is 201 Å². The van der Waals surface area contributed by atoms with Gasteiger partial charge in [0.15, 0.2) is 16.7 Å². The molecule has 0 aliphatic carbocycles. The van der Waals surface area contributed by atoms with Gasteiger partial charge in [-0.25, -0.2) is 29.3 Å². The molecule has 0 aliphatic rings. The Balaban J connectivity index is 0.000000140. The lowest BCUT2D eigenvalue weighted by molar-refractivity contribution is 0.0686. The van der Waals surface area contributed by atoms with E-state index in [9.17, 15) is 14.4 Å². The molecule has 0 fully saturated rings. The van der Waals surface area contributed by atoms with E-state index in [4.69, 9.17) is 38.4 Å². The van der Waals surface area contributed by atoms with Crippen molar-refractivity contribution >= 4 is 62.6 Å². The highest BCUT2D eigenvalue weighted by atomic mass is 16.5. The Morgan fingerprint density at radius 2 is 0.868 bits per heavy atom. The molecule has 0 radical (unpaired) electrons. The van der Waals surface area contributed by atoms with Crippen LogP contribution in [0.4, 0.5) is 11.4 Å². The van der Waals surface area contributed by atoms with Crippen molar-refractivity contribution in [3.63, 3.8) is 0 Å². The van der Waals surface area contributed by atoms with Crippen LogP contribution < -0.4 is 15.4 Å². The predicted molar refractivity (Wildman–Crippen MR) is 289 cm³/mol. The third-order valence-corrected chi connectivity index (χ3v) is 11.7. The van der Waals surface area contributed by atoms with Crippen molar-refractivity contribution in [2.45, 2.75) is 19.3 Å². The van der Waals surface area contributed by atoms with Crippen LogP contribution in [0.3, 0.4) is 0 Å². The molecule has 0 aliphatic heterocycles. The monoisotopic (exact) mass is 1020 g/mol. The minimum Gasteiger partial charge on any atom is -0.478 e. The highest BCUT2D eigenvalue weighted by Gasteiger charge is 2.15. The second-order valence-corrected chi connectivity index (χ2v) is 17.1. The highest BCUT2D eigenvalue weighted by molar-refractivity contribution is 5.91. The maximum Gasteiger partial charge on any atom is 0.335 e. The number of anilines is 2. The van der Waals surface area contributed by atoms with Gasteiger partial charge in [0, 0.05) is 66.0 Å². The summed E-state index contributed by atoms with van der Waals surface area (Å²) >= 11 is 0. The lowest BCUT2D eigenvalue weighted by Gasteiger charge is -2.06.